The van der Waals surface area contributed by atoms with Gasteiger partial charge in [0.2, 0.25) is 0 Å². The number of aliphatic carboxylic acids is 1. The molecule has 23 heavy (non-hydrogen) atoms. The van der Waals surface area contributed by atoms with Crippen LogP contribution in [-0.4, -0.2) is 47.2 Å². The second-order valence-corrected chi connectivity index (χ2v) is 5.87. The number of carboxylic acids is 1. The zero-order valence-corrected chi connectivity index (χ0v) is 13.6. The van der Waals surface area contributed by atoms with E-state index in [0.717, 1.165) is 5.56 Å². The summed E-state index contributed by atoms with van der Waals surface area (Å²) in [6, 6.07) is 9.36. The van der Waals surface area contributed by atoms with Crippen LogP contribution >= 0.6 is 0 Å². The van der Waals surface area contributed by atoms with Crippen LogP contribution < -0.4 is 5.32 Å². The number of piperidine rings is 1. The Morgan fingerprint density at radius 2 is 2.09 bits per heavy atom. The van der Waals surface area contributed by atoms with Crippen LogP contribution in [0.5, 0.6) is 0 Å². The highest BCUT2D eigenvalue weighted by Crippen LogP contribution is 2.32. The topological polar surface area (TPSA) is 78.9 Å². The number of nitrogens with zero attached hydrogens (tertiary/aromatic N) is 1. The Kier molecular flexibility index (Phi) is 5.60. The molecule has 1 saturated heterocycles. The largest absolute Gasteiger partial charge is 0.479 e. The summed E-state index contributed by atoms with van der Waals surface area (Å²) in [5.41, 5.74) is -0.340. The molecular weight excluding hydrogens is 296 g/mol. The van der Waals surface area contributed by atoms with E-state index < -0.39 is 17.6 Å². The molecule has 1 fully saturated rings. The molecule has 6 heteroatoms. The SMILES string of the molecule is CCN(C(=O)OCc1ccccc1)C1(C(=O)O)CCNCC1C. The smallest absolute Gasteiger partial charge is 0.411 e. The molecule has 0 aliphatic carbocycles. The summed E-state index contributed by atoms with van der Waals surface area (Å²) >= 11 is 0. The molecule has 1 amide bonds. The van der Waals surface area contributed by atoms with Crippen molar-refractivity contribution >= 4 is 12.1 Å². The minimum atomic E-state index is -1.21. The van der Waals surface area contributed by atoms with Gasteiger partial charge in [-0.25, -0.2) is 9.59 Å². The Hall–Kier alpha value is -2.08. The van der Waals surface area contributed by atoms with E-state index in [1.54, 1.807) is 6.92 Å². The van der Waals surface area contributed by atoms with Gasteiger partial charge in [-0.3, -0.25) is 4.90 Å². The van der Waals surface area contributed by atoms with Crippen molar-refractivity contribution in [1.82, 2.24) is 10.2 Å². The van der Waals surface area contributed by atoms with E-state index in [1.807, 2.05) is 37.3 Å². The lowest BCUT2D eigenvalue weighted by atomic mass is 9.78. The van der Waals surface area contributed by atoms with Crippen molar-refractivity contribution in [3.05, 3.63) is 35.9 Å². The fraction of sp³-hybridized carbons (Fsp3) is 0.529. The van der Waals surface area contributed by atoms with Gasteiger partial charge < -0.3 is 15.2 Å². The Morgan fingerprint density at radius 3 is 2.65 bits per heavy atom. The van der Waals surface area contributed by atoms with Gasteiger partial charge >= 0.3 is 12.1 Å². The molecule has 1 aromatic rings. The summed E-state index contributed by atoms with van der Waals surface area (Å²) in [7, 11) is 0. The Morgan fingerprint density at radius 1 is 1.39 bits per heavy atom. The Balaban J connectivity index is 2.15. The number of amides is 1. The van der Waals surface area contributed by atoms with Crippen molar-refractivity contribution in [3.8, 4) is 0 Å². The molecule has 1 aliphatic heterocycles. The minimum absolute atomic E-state index is 0.137. The molecule has 1 aliphatic rings. The number of carbonyl (C=O) groups is 2. The lowest BCUT2D eigenvalue weighted by molar-refractivity contribution is -0.156. The third kappa shape index (κ3) is 3.47. The van der Waals surface area contributed by atoms with Crippen molar-refractivity contribution in [1.29, 1.82) is 0 Å². The van der Waals surface area contributed by atoms with Crippen molar-refractivity contribution < 1.29 is 19.4 Å². The van der Waals surface area contributed by atoms with Gasteiger partial charge in [0, 0.05) is 19.0 Å². The maximum Gasteiger partial charge on any atom is 0.411 e. The molecule has 126 valence electrons. The van der Waals surface area contributed by atoms with Crippen LogP contribution in [0, 0.1) is 5.92 Å². The lowest BCUT2D eigenvalue weighted by Gasteiger charge is -2.46. The van der Waals surface area contributed by atoms with E-state index in [1.165, 1.54) is 4.90 Å². The third-order valence-corrected chi connectivity index (χ3v) is 4.54. The van der Waals surface area contributed by atoms with E-state index in [-0.39, 0.29) is 12.5 Å². The number of carbonyl (C=O) groups excluding carboxylic acids is 1. The van der Waals surface area contributed by atoms with Gasteiger partial charge in [0.1, 0.15) is 12.1 Å². The molecule has 0 saturated carbocycles. The van der Waals surface area contributed by atoms with Crippen LogP contribution in [0.1, 0.15) is 25.8 Å². The fourth-order valence-electron chi connectivity index (χ4n) is 3.22. The molecule has 0 aromatic heterocycles. The molecule has 1 heterocycles. The molecule has 0 bridgehead atoms. The normalized spacial score (nSPS) is 24.0. The molecule has 2 atom stereocenters. The van der Waals surface area contributed by atoms with Gasteiger partial charge in [-0.2, -0.15) is 0 Å². The van der Waals surface area contributed by atoms with Crippen LogP contribution in [0.15, 0.2) is 30.3 Å². The van der Waals surface area contributed by atoms with Gasteiger partial charge in [-0.1, -0.05) is 37.3 Å². The first-order valence-electron chi connectivity index (χ1n) is 7.94. The number of hydrogen-bond acceptors (Lipinski definition) is 4. The molecule has 0 radical (unpaired) electrons. The second kappa shape index (κ2) is 7.46. The molecule has 6 nitrogen and oxygen atoms in total. The number of hydrogen-bond donors (Lipinski definition) is 2. The van der Waals surface area contributed by atoms with Crippen LogP contribution in [0.2, 0.25) is 0 Å². The zero-order valence-electron chi connectivity index (χ0n) is 13.6. The average Bonchev–Trinajstić information content (AvgIpc) is 2.56. The number of benzene rings is 1. The van der Waals surface area contributed by atoms with Gasteiger partial charge in [0.15, 0.2) is 0 Å². The summed E-state index contributed by atoms with van der Waals surface area (Å²) in [6.07, 6.45) is -0.204. The molecule has 2 unspecified atom stereocenters. The first-order chi connectivity index (χ1) is 11.0. The number of carboxylic acid groups (broad SMARTS) is 1. The predicted octanol–water partition coefficient (Wildman–Crippen LogP) is 2.10. The quantitative estimate of drug-likeness (QED) is 0.868. The van der Waals surface area contributed by atoms with E-state index in [9.17, 15) is 14.7 Å². The number of likely N-dealkylation sites (N-methyl/N-ethyl adjacent to an activating group) is 1. The van der Waals surface area contributed by atoms with E-state index in [4.69, 9.17) is 4.74 Å². The predicted molar refractivity (Wildman–Crippen MR) is 86.0 cm³/mol. The van der Waals surface area contributed by atoms with E-state index >= 15 is 0 Å². The van der Waals surface area contributed by atoms with Gasteiger partial charge in [-0.05, 0) is 25.5 Å². The molecule has 2 N–H and O–H groups in total. The second-order valence-electron chi connectivity index (χ2n) is 5.87. The van der Waals surface area contributed by atoms with Gasteiger partial charge in [-0.15, -0.1) is 0 Å². The maximum atomic E-state index is 12.5. The molecule has 2 rings (SSSR count). The highest BCUT2D eigenvalue weighted by atomic mass is 16.6. The van der Waals surface area contributed by atoms with Crippen molar-refractivity contribution in [2.24, 2.45) is 5.92 Å². The lowest BCUT2D eigenvalue weighted by Crippen LogP contribution is -2.65. The minimum Gasteiger partial charge on any atom is -0.479 e. The van der Waals surface area contributed by atoms with Crippen LogP contribution in [-0.2, 0) is 16.1 Å². The Bertz CT molecular complexity index is 549. The van der Waals surface area contributed by atoms with Crippen LogP contribution in [0.3, 0.4) is 0 Å². The summed E-state index contributed by atoms with van der Waals surface area (Å²) in [6.45, 7) is 5.20. The molecule has 1 aromatic carbocycles. The van der Waals surface area contributed by atoms with Crippen molar-refractivity contribution in [2.45, 2.75) is 32.4 Å². The van der Waals surface area contributed by atoms with Crippen LogP contribution in [0.25, 0.3) is 0 Å². The van der Waals surface area contributed by atoms with Crippen molar-refractivity contribution in [3.63, 3.8) is 0 Å². The van der Waals surface area contributed by atoms with E-state index in [2.05, 4.69) is 5.32 Å². The van der Waals surface area contributed by atoms with Crippen LogP contribution in [0.4, 0.5) is 4.79 Å². The highest BCUT2D eigenvalue weighted by Gasteiger charge is 2.52. The number of nitrogens with one attached hydrogen (secondary N) is 1. The average molecular weight is 320 g/mol. The number of rotatable bonds is 5. The third-order valence-electron chi connectivity index (χ3n) is 4.54. The first-order valence-corrected chi connectivity index (χ1v) is 7.94. The maximum absolute atomic E-state index is 12.5. The summed E-state index contributed by atoms with van der Waals surface area (Å²) in [4.78, 5) is 25.9. The van der Waals surface area contributed by atoms with Gasteiger partial charge in [0.05, 0.1) is 0 Å². The number of ether oxygens (including phenoxy) is 1. The molecule has 0 spiro atoms. The monoisotopic (exact) mass is 320 g/mol. The Labute approximate surface area is 136 Å². The van der Waals surface area contributed by atoms with Crippen molar-refractivity contribution in [2.75, 3.05) is 19.6 Å². The standard InChI is InChI=1S/C17H24N2O4/c1-3-19(16(22)23-12-14-7-5-4-6-8-14)17(15(20)21)9-10-18-11-13(17)2/h4-8,13,18H,3,9-12H2,1-2H3,(H,20,21). The highest BCUT2D eigenvalue weighted by molar-refractivity contribution is 5.85. The van der Waals surface area contributed by atoms with Gasteiger partial charge in [0.25, 0.3) is 0 Å². The zero-order chi connectivity index (χ0) is 16.9. The first kappa shape index (κ1) is 17.3. The summed E-state index contributed by atoms with van der Waals surface area (Å²) in [5, 5.41) is 13.0. The fourth-order valence-corrected chi connectivity index (χ4v) is 3.22. The molecular formula is C17H24N2O4. The summed E-state index contributed by atoms with van der Waals surface area (Å²) < 4.78 is 5.36. The van der Waals surface area contributed by atoms with E-state index in [0.29, 0.717) is 26.1 Å². The summed E-state index contributed by atoms with van der Waals surface area (Å²) in [5.74, 6) is -1.16.